The number of rotatable bonds is 1. The van der Waals surface area contributed by atoms with Crippen LogP contribution in [0.15, 0.2) is 0 Å². The lowest BCUT2D eigenvalue weighted by atomic mass is 9.80. The minimum atomic E-state index is 0.872. The van der Waals surface area contributed by atoms with E-state index < -0.39 is 0 Å². The van der Waals surface area contributed by atoms with E-state index in [9.17, 15) is 0 Å². The molecule has 1 heteroatoms. The fraction of sp³-hybridized carbons (Fsp3) is 1.00. The van der Waals surface area contributed by atoms with Crippen LogP contribution in [-0.4, -0.2) is 13.1 Å². The van der Waals surface area contributed by atoms with Crippen molar-refractivity contribution in [1.82, 2.24) is 5.32 Å². The summed E-state index contributed by atoms with van der Waals surface area (Å²) in [6.07, 6.45) is 1.37. The molecule has 1 fully saturated rings. The van der Waals surface area contributed by atoms with E-state index in [0.717, 1.165) is 17.8 Å². The quantitative estimate of drug-likeness (QED) is 0.588. The highest BCUT2D eigenvalue weighted by molar-refractivity contribution is 4.76. The summed E-state index contributed by atoms with van der Waals surface area (Å²) in [5.41, 5.74) is 0. The molecule has 0 aliphatic carbocycles. The van der Waals surface area contributed by atoms with Crippen LogP contribution in [0.2, 0.25) is 0 Å². The third-order valence-electron chi connectivity index (χ3n) is 2.71. The molecule has 1 heterocycles. The van der Waals surface area contributed by atoms with Crippen molar-refractivity contribution in [3.05, 3.63) is 0 Å². The van der Waals surface area contributed by atoms with E-state index in [1.807, 2.05) is 0 Å². The molecular formula is C9H19N. The molecule has 10 heavy (non-hydrogen) atoms. The normalized spacial score (nSPS) is 34.8. The van der Waals surface area contributed by atoms with Crippen molar-refractivity contribution < 1.29 is 0 Å². The van der Waals surface area contributed by atoms with Crippen LogP contribution in [-0.2, 0) is 0 Å². The first-order valence-electron chi connectivity index (χ1n) is 4.42. The first kappa shape index (κ1) is 8.06. The first-order chi connectivity index (χ1) is 4.72. The fourth-order valence-corrected chi connectivity index (χ4v) is 2.02. The van der Waals surface area contributed by atoms with Gasteiger partial charge in [-0.1, -0.05) is 20.8 Å². The molecule has 1 rings (SSSR count). The van der Waals surface area contributed by atoms with Gasteiger partial charge in [0.1, 0.15) is 0 Å². The Morgan fingerprint density at radius 3 is 2.50 bits per heavy atom. The Morgan fingerprint density at radius 2 is 2.10 bits per heavy atom. The Labute approximate surface area is 64.2 Å². The Kier molecular flexibility index (Phi) is 2.72. The van der Waals surface area contributed by atoms with Crippen LogP contribution in [0.5, 0.6) is 0 Å². The molecule has 0 bridgehead atoms. The van der Waals surface area contributed by atoms with Crippen molar-refractivity contribution in [3.63, 3.8) is 0 Å². The average Bonchev–Trinajstić information content (AvgIpc) is 1.88. The largest absolute Gasteiger partial charge is 0.316 e. The average molecular weight is 141 g/mol. The van der Waals surface area contributed by atoms with Gasteiger partial charge in [0.15, 0.2) is 0 Å². The van der Waals surface area contributed by atoms with Gasteiger partial charge in [-0.3, -0.25) is 0 Å². The van der Waals surface area contributed by atoms with Gasteiger partial charge >= 0.3 is 0 Å². The van der Waals surface area contributed by atoms with Crippen molar-refractivity contribution in [3.8, 4) is 0 Å². The molecule has 0 radical (unpaired) electrons. The molecule has 0 aromatic rings. The van der Waals surface area contributed by atoms with Crippen LogP contribution in [0.4, 0.5) is 0 Å². The zero-order valence-corrected chi connectivity index (χ0v) is 7.35. The highest BCUT2D eigenvalue weighted by Gasteiger charge is 2.23. The lowest BCUT2D eigenvalue weighted by molar-refractivity contribution is 0.210. The summed E-state index contributed by atoms with van der Waals surface area (Å²) in [4.78, 5) is 0. The molecule has 0 spiro atoms. The summed E-state index contributed by atoms with van der Waals surface area (Å²) in [6.45, 7) is 9.49. The lowest BCUT2D eigenvalue weighted by Crippen LogP contribution is -2.37. The summed E-state index contributed by atoms with van der Waals surface area (Å²) in [7, 11) is 0. The number of piperidine rings is 1. The molecule has 1 aliphatic rings. The Balaban J connectivity index is 2.40. The van der Waals surface area contributed by atoms with Crippen molar-refractivity contribution >= 4 is 0 Å². The van der Waals surface area contributed by atoms with Gasteiger partial charge in [0.25, 0.3) is 0 Å². The van der Waals surface area contributed by atoms with Crippen molar-refractivity contribution in [2.75, 3.05) is 13.1 Å². The van der Waals surface area contributed by atoms with E-state index in [4.69, 9.17) is 0 Å². The maximum atomic E-state index is 3.42. The molecule has 1 aliphatic heterocycles. The molecule has 1 nitrogen and oxygen atoms in total. The van der Waals surface area contributed by atoms with Crippen LogP contribution < -0.4 is 5.32 Å². The van der Waals surface area contributed by atoms with Gasteiger partial charge in [0.05, 0.1) is 0 Å². The van der Waals surface area contributed by atoms with Gasteiger partial charge in [-0.15, -0.1) is 0 Å². The van der Waals surface area contributed by atoms with Gasteiger partial charge in [-0.2, -0.15) is 0 Å². The molecule has 1 saturated heterocycles. The molecule has 0 saturated carbocycles. The Morgan fingerprint density at radius 1 is 1.40 bits per heavy atom. The second-order valence-electron chi connectivity index (χ2n) is 3.88. The van der Waals surface area contributed by atoms with Crippen molar-refractivity contribution in [2.45, 2.75) is 27.2 Å². The SMILES string of the molecule is CC(C)[C@@H]1CCNC[C@H]1C. The van der Waals surface area contributed by atoms with Crippen LogP contribution in [0.3, 0.4) is 0 Å². The minimum absolute atomic E-state index is 0.872. The molecule has 0 unspecified atom stereocenters. The third kappa shape index (κ3) is 1.72. The monoisotopic (exact) mass is 141 g/mol. The summed E-state index contributed by atoms with van der Waals surface area (Å²) in [6, 6.07) is 0. The predicted molar refractivity (Wildman–Crippen MR) is 45.0 cm³/mol. The second-order valence-corrected chi connectivity index (χ2v) is 3.88. The highest BCUT2D eigenvalue weighted by Crippen LogP contribution is 2.25. The fourth-order valence-electron chi connectivity index (χ4n) is 2.02. The van der Waals surface area contributed by atoms with E-state index >= 15 is 0 Å². The van der Waals surface area contributed by atoms with Gasteiger partial charge in [-0.25, -0.2) is 0 Å². The van der Waals surface area contributed by atoms with Crippen molar-refractivity contribution in [2.24, 2.45) is 17.8 Å². The van der Waals surface area contributed by atoms with Crippen molar-refractivity contribution in [1.29, 1.82) is 0 Å². The maximum absolute atomic E-state index is 3.42. The molecule has 0 amide bonds. The summed E-state index contributed by atoms with van der Waals surface area (Å²) in [5.74, 6) is 2.71. The number of hydrogen-bond donors (Lipinski definition) is 1. The molecule has 2 atom stereocenters. The zero-order chi connectivity index (χ0) is 7.56. The van der Waals surface area contributed by atoms with E-state index in [2.05, 4.69) is 26.1 Å². The standard InChI is InChI=1S/C9H19N/c1-7(2)9-4-5-10-6-8(9)3/h7-10H,4-6H2,1-3H3/t8-,9+/m1/s1. The van der Waals surface area contributed by atoms with Crippen LogP contribution >= 0.6 is 0 Å². The molecular weight excluding hydrogens is 122 g/mol. The summed E-state index contributed by atoms with van der Waals surface area (Å²) in [5, 5.41) is 3.42. The van der Waals surface area contributed by atoms with Gasteiger partial charge in [0, 0.05) is 0 Å². The van der Waals surface area contributed by atoms with E-state index in [0.29, 0.717) is 0 Å². The van der Waals surface area contributed by atoms with Crippen LogP contribution in [0, 0.1) is 17.8 Å². The maximum Gasteiger partial charge on any atom is -0.00204 e. The third-order valence-corrected chi connectivity index (χ3v) is 2.71. The smallest absolute Gasteiger partial charge is 0.00204 e. The molecule has 0 aromatic carbocycles. The second kappa shape index (κ2) is 3.38. The first-order valence-corrected chi connectivity index (χ1v) is 4.42. The number of hydrogen-bond acceptors (Lipinski definition) is 1. The van der Waals surface area contributed by atoms with Gasteiger partial charge in [-0.05, 0) is 37.3 Å². The van der Waals surface area contributed by atoms with E-state index in [-0.39, 0.29) is 0 Å². The summed E-state index contributed by atoms with van der Waals surface area (Å²) < 4.78 is 0. The van der Waals surface area contributed by atoms with Gasteiger partial charge in [0.2, 0.25) is 0 Å². The van der Waals surface area contributed by atoms with E-state index in [1.54, 1.807) is 0 Å². The zero-order valence-electron chi connectivity index (χ0n) is 7.35. The van der Waals surface area contributed by atoms with Crippen LogP contribution in [0.25, 0.3) is 0 Å². The summed E-state index contributed by atoms with van der Waals surface area (Å²) >= 11 is 0. The Hall–Kier alpha value is -0.0400. The number of nitrogens with one attached hydrogen (secondary N) is 1. The topological polar surface area (TPSA) is 12.0 Å². The van der Waals surface area contributed by atoms with Gasteiger partial charge < -0.3 is 5.32 Å². The molecule has 0 aromatic heterocycles. The molecule has 60 valence electrons. The minimum Gasteiger partial charge on any atom is -0.316 e. The lowest BCUT2D eigenvalue weighted by Gasteiger charge is -2.32. The van der Waals surface area contributed by atoms with Crippen LogP contribution in [0.1, 0.15) is 27.2 Å². The predicted octanol–water partition coefficient (Wildman–Crippen LogP) is 1.89. The Bertz CT molecular complexity index is 98.9. The molecule has 1 N–H and O–H groups in total. The van der Waals surface area contributed by atoms with E-state index in [1.165, 1.54) is 19.5 Å². The highest BCUT2D eigenvalue weighted by atomic mass is 14.9.